The Hall–Kier alpha value is -2.21. The summed E-state index contributed by atoms with van der Waals surface area (Å²) in [5.74, 6) is 1.33. The molecule has 1 aliphatic heterocycles. The normalized spacial score (nSPS) is 16.2. The largest absolute Gasteiger partial charge is 0.287 e. The van der Waals surface area contributed by atoms with Crippen LogP contribution in [0.4, 0.5) is 11.5 Å². The van der Waals surface area contributed by atoms with Gasteiger partial charge in [-0.15, -0.1) is 4.40 Å². The van der Waals surface area contributed by atoms with E-state index < -0.39 is 10.0 Å². The minimum absolute atomic E-state index is 0.144. The van der Waals surface area contributed by atoms with Gasteiger partial charge in [-0.05, 0) is 35.7 Å². The van der Waals surface area contributed by atoms with Gasteiger partial charge in [0.25, 0.3) is 10.0 Å². The average Bonchev–Trinajstić information content (AvgIpc) is 2.54. The van der Waals surface area contributed by atoms with Gasteiger partial charge in [-0.25, -0.2) is 4.98 Å². The van der Waals surface area contributed by atoms with Crippen LogP contribution in [0, 0.1) is 0 Å². The smallest absolute Gasteiger partial charge is 0.281 e. The maximum absolute atomic E-state index is 12.3. The lowest BCUT2D eigenvalue weighted by molar-refractivity contribution is 0.596. The van der Waals surface area contributed by atoms with Gasteiger partial charge in [0.2, 0.25) is 0 Å². The van der Waals surface area contributed by atoms with E-state index in [1.807, 2.05) is 24.0 Å². The molecule has 0 spiro atoms. The first-order valence-electron chi connectivity index (χ1n) is 7.63. The van der Waals surface area contributed by atoms with Gasteiger partial charge < -0.3 is 0 Å². The number of pyridine rings is 1. The summed E-state index contributed by atoms with van der Waals surface area (Å²) in [7, 11) is -3.68. The van der Waals surface area contributed by atoms with Crippen molar-refractivity contribution in [1.82, 2.24) is 4.98 Å². The van der Waals surface area contributed by atoms with Crippen molar-refractivity contribution in [2.45, 2.75) is 38.0 Å². The first-order chi connectivity index (χ1) is 10.9. The molecule has 120 valence electrons. The first kappa shape index (κ1) is 15.7. The second-order valence-electron chi connectivity index (χ2n) is 5.74. The van der Waals surface area contributed by atoms with Crippen molar-refractivity contribution in [3.63, 3.8) is 0 Å². The number of fused-ring (bicyclic) bond motifs is 1. The number of benzene rings is 1. The molecule has 0 radical (unpaired) electrons. The summed E-state index contributed by atoms with van der Waals surface area (Å²) in [5, 5.41) is 0. The summed E-state index contributed by atoms with van der Waals surface area (Å²) in [6.07, 6.45) is 2.10. The Kier molecular flexibility index (Phi) is 3.93. The van der Waals surface area contributed by atoms with Crippen LogP contribution in [-0.4, -0.2) is 19.2 Å². The predicted molar refractivity (Wildman–Crippen MR) is 91.8 cm³/mol. The van der Waals surface area contributed by atoms with E-state index in [0.29, 0.717) is 24.0 Å². The van der Waals surface area contributed by atoms with Crippen molar-refractivity contribution < 1.29 is 8.42 Å². The van der Waals surface area contributed by atoms with Gasteiger partial charge in [0.15, 0.2) is 5.82 Å². The monoisotopic (exact) mass is 329 g/mol. The minimum Gasteiger partial charge on any atom is -0.281 e. The Balaban J connectivity index is 2.17. The maximum atomic E-state index is 12.3. The molecule has 0 atom stereocenters. The van der Waals surface area contributed by atoms with E-state index in [1.165, 1.54) is 5.56 Å². The van der Waals surface area contributed by atoms with Gasteiger partial charge in [0.05, 0.1) is 0 Å². The molecule has 2 aromatic rings. The second kappa shape index (κ2) is 5.77. The third-order valence-corrected chi connectivity index (χ3v) is 5.18. The predicted octanol–water partition coefficient (Wildman–Crippen LogP) is 3.85. The Bertz CT molecular complexity index is 856. The molecule has 0 saturated carbocycles. The van der Waals surface area contributed by atoms with E-state index >= 15 is 0 Å². The quantitative estimate of drug-likeness (QED) is 0.858. The number of hydrogen-bond donors (Lipinski definition) is 0. The summed E-state index contributed by atoms with van der Waals surface area (Å²) in [6, 6.07) is 11.2. The number of rotatable bonds is 3. The van der Waals surface area contributed by atoms with E-state index in [-0.39, 0.29) is 4.90 Å². The van der Waals surface area contributed by atoms with Gasteiger partial charge in [-0.1, -0.05) is 32.9 Å². The second-order valence-corrected chi connectivity index (χ2v) is 7.32. The number of amidine groups is 1. The molecule has 0 aliphatic carbocycles. The number of sulfonamides is 1. The molecular weight excluding hydrogens is 310 g/mol. The molecule has 0 fully saturated rings. The fourth-order valence-corrected chi connectivity index (χ4v) is 3.82. The van der Waals surface area contributed by atoms with Crippen molar-refractivity contribution in [1.29, 1.82) is 0 Å². The van der Waals surface area contributed by atoms with Crippen LogP contribution in [0.25, 0.3) is 0 Å². The molecule has 23 heavy (non-hydrogen) atoms. The Morgan fingerprint density at radius 2 is 1.83 bits per heavy atom. The van der Waals surface area contributed by atoms with Crippen LogP contribution < -0.4 is 4.90 Å². The first-order valence-corrected chi connectivity index (χ1v) is 9.07. The number of aromatic nitrogens is 1. The summed E-state index contributed by atoms with van der Waals surface area (Å²) in [4.78, 5) is 6.26. The van der Waals surface area contributed by atoms with E-state index in [4.69, 9.17) is 0 Å². The fraction of sp³-hybridized carbons (Fsp3) is 0.294. The van der Waals surface area contributed by atoms with Gasteiger partial charge in [0.1, 0.15) is 10.7 Å². The number of nitrogens with zero attached hydrogens (tertiary/aromatic N) is 3. The van der Waals surface area contributed by atoms with Crippen LogP contribution in [-0.2, 0) is 10.0 Å². The summed E-state index contributed by atoms with van der Waals surface area (Å²) in [6.45, 7) is 6.16. The molecule has 0 saturated heterocycles. The number of anilines is 2. The van der Waals surface area contributed by atoms with E-state index in [2.05, 4.69) is 35.4 Å². The van der Waals surface area contributed by atoms with Crippen LogP contribution in [0.2, 0.25) is 0 Å². The van der Waals surface area contributed by atoms with E-state index in [0.717, 1.165) is 5.69 Å². The highest BCUT2D eigenvalue weighted by Crippen LogP contribution is 2.35. The lowest BCUT2D eigenvalue weighted by atomic mass is 10.0. The molecule has 1 aromatic carbocycles. The maximum Gasteiger partial charge on any atom is 0.287 e. The zero-order valence-electron chi connectivity index (χ0n) is 13.4. The molecular formula is C17H19N3O2S. The van der Waals surface area contributed by atoms with Crippen molar-refractivity contribution >= 4 is 27.4 Å². The molecule has 6 heteroatoms. The van der Waals surface area contributed by atoms with E-state index in [1.54, 1.807) is 18.3 Å². The van der Waals surface area contributed by atoms with E-state index in [9.17, 15) is 8.42 Å². The van der Waals surface area contributed by atoms with Crippen molar-refractivity contribution in [2.24, 2.45) is 4.40 Å². The lowest BCUT2D eigenvalue weighted by Gasteiger charge is -2.29. The highest BCUT2D eigenvalue weighted by atomic mass is 32.2. The van der Waals surface area contributed by atoms with Crippen molar-refractivity contribution in [2.75, 3.05) is 4.90 Å². The van der Waals surface area contributed by atoms with Gasteiger partial charge in [-0.2, -0.15) is 8.42 Å². The van der Waals surface area contributed by atoms with Crippen molar-refractivity contribution in [3.05, 3.63) is 48.2 Å². The van der Waals surface area contributed by atoms with Crippen LogP contribution in [0.1, 0.15) is 38.7 Å². The highest BCUT2D eigenvalue weighted by molar-refractivity contribution is 7.90. The van der Waals surface area contributed by atoms with Crippen LogP contribution in [0.15, 0.2) is 51.9 Å². The molecule has 0 N–H and O–H groups in total. The topological polar surface area (TPSA) is 62.6 Å². The minimum atomic E-state index is -3.68. The molecule has 0 unspecified atom stereocenters. The molecule has 0 amide bonds. The van der Waals surface area contributed by atoms with Crippen LogP contribution in [0.3, 0.4) is 0 Å². The highest BCUT2D eigenvalue weighted by Gasteiger charge is 2.31. The summed E-state index contributed by atoms with van der Waals surface area (Å²) >= 11 is 0. The van der Waals surface area contributed by atoms with Crippen LogP contribution in [0.5, 0.6) is 0 Å². The molecule has 5 nitrogen and oxygen atoms in total. The zero-order valence-corrected chi connectivity index (χ0v) is 14.2. The average molecular weight is 329 g/mol. The Morgan fingerprint density at radius 1 is 1.13 bits per heavy atom. The molecule has 1 aliphatic rings. The van der Waals surface area contributed by atoms with Crippen LogP contribution >= 0.6 is 0 Å². The summed E-state index contributed by atoms with van der Waals surface area (Å²) in [5.41, 5.74) is 2.10. The Morgan fingerprint density at radius 3 is 2.43 bits per heavy atom. The molecule has 1 aromatic heterocycles. The van der Waals surface area contributed by atoms with Gasteiger partial charge in [0, 0.05) is 18.3 Å². The third kappa shape index (κ3) is 2.74. The Labute approximate surface area is 136 Å². The molecule has 0 bridgehead atoms. The summed E-state index contributed by atoms with van der Waals surface area (Å²) < 4.78 is 28.6. The standard InChI is InChI=1S/C17H19N3O2S/c1-4-16-19-23(21,22)15-6-5-11-18-17(15)20(16)14-9-7-13(8-10-14)12(2)3/h5-12H,4H2,1-3H3. The van der Waals surface area contributed by atoms with Gasteiger partial charge >= 0.3 is 0 Å². The third-order valence-electron chi connectivity index (χ3n) is 3.86. The molecule has 2 heterocycles. The fourth-order valence-electron chi connectivity index (χ4n) is 2.60. The molecule has 3 rings (SSSR count). The van der Waals surface area contributed by atoms with Gasteiger partial charge in [-0.3, -0.25) is 4.90 Å². The lowest BCUT2D eigenvalue weighted by Crippen LogP contribution is -2.32. The van der Waals surface area contributed by atoms with Crippen molar-refractivity contribution in [3.8, 4) is 0 Å². The number of hydrogen-bond acceptors (Lipinski definition) is 4. The zero-order chi connectivity index (χ0) is 16.6. The SMILES string of the molecule is CCC1=NS(=O)(=O)c2cccnc2N1c1ccc(C(C)C)cc1.